The summed E-state index contributed by atoms with van der Waals surface area (Å²) in [5.74, 6) is -0.0274. The molecule has 0 heterocycles. The molecule has 35 heavy (non-hydrogen) atoms. The van der Waals surface area contributed by atoms with Crippen LogP contribution in [0.3, 0.4) is 0 Å². The first kappa shape index (κ1) is 25.7. The van der Waals surface area contributed by atoms with Crippen molar-refractivity contribution >= 4 is 11.8 Å². The van der Waals surface area contributed by atoms with Gasteiger partial charge in [0.15, 0.2) is 6.61 Å². The maximum absolute atomic E-state index is 14.6. The van der Waals surface area contributed by atoms with Gasteiger partial charge in [-0.05, 0) is 49.7 Å². The van der Waals surface area contributed by atoms with Crippen LogP contribution in [0.5, 0.6) is 11.5 Å². The third-order valence-corrected chi connectivity index (χ3v) is 5.42. The monoisotopic (exact) mass is 478 g/mol. The van der Waals surface area contributed by atoms with Gasteiger partial charge >= 0.3 is 0 Å². The second-order valence-corrected chi connectivity index (χ2v) is 8.45. The van der Waals surface area contributed by atoms with E-state index in [0.29, 0.717) is 17.1 Å². The van der Waals surface area contributed by atoms with Gasteiger partial charge in [-0.2, -0.15) is 0 Å². The van der Waals surface area contributed by atoms with Crippen LogP contribution in [0.25, 0.3) is 0 Å². The fourth-order valence-electron chi connectivity index (χ4n) is 3.64. The number of nitrogens with one attached hydrogen (secondary N) is 1. The molecule has 0 unspecified atom stereocenters. The summed E-state index contributed by atoms with van der Waals surface area (Å²) in [6, 6.07) is 21.5. The molecular formula is C28H31FN2O4. The van der Waals surface area contributed by atoms with Crippen molar-refractivity contribution in [3.8, 4) is 11.5 Å². The molecule has 6 nitrogen and oxygen atoms in total. The number of rotatable bonds is 11. The molecule has 3 aromatic carbocycles. The van der Waals surface area contributed by atoms with Crippen molar-refractivity contribution in [3.05, 3.63) is 95.8 Å². The van der Waals surface area contributed by atoms with E-state index in [1.54, 1.807) is 49.6 Å². The summed E-state index contributed by atoms with van der Waals surface area (Å²) >= 11 is 0. The van der Waals surface area contributed by atoms with Gasteiger partial charge in [-0.25, -0.2) is 4.39 Å². The third kappa shape index (κ3) is 7.57. The molecule has 0 fully saturated rings. The highest BCUT2D eigenvalue weighted by molar-refractivity contribution is 5.88. The van der Waals surface area contributed by atoms with E-state index in [4.69, 9.17) is 9.47 Å². The van der Waals surface area contributed by atoms with Gasteiger partial charge in [0.1, 0.15) is 23.4 Å². The SMILES string of the molecule is COc1ccc(OCC(=O)N(Cc2ccccc2F)[C@H](Cc2ccccc2)C(=O)NC(C)C)cc1. The van der Waals surface area contributed by atoms with Gasteiger partial charge < -0.3 is 19.7 Å². The van der Waals surface area contributed by atoms with Crippen LogP contribution in [0, 0.1) is 5.82 Å². The Hall–Kier alpha value is -3.87. The molecule has 0 bridgehead atoms. The van der Waals surface area contributed by atoms with E-state index in [9.17, 15) is 14.0 Å². The lowest BCUT2D eigenvalue weighted by molar-refractivity contribution is -0.143. The van der Waals surface area contributed by atoms with Gasteiger partial charge in [0.25, 0.3) is 5.91 Å². The average Bonchev–Trinajstić information content (AvgIpc) is 2.86. The van der Waals surface area contributed by atoms with Crippen molar-refractivity contribution in [1.29, 1.82) is 0 Å². The Labute approximate surface area is 205 Å². The summed E-state index contributed by atoms with van der Waals surface area (Å²) in [7, 11) is 1.56. The zero-order valence-corrected chi connectivity index (χ0v) is 20.2. The summed E-state index contributed by atoms with van der Waals surface area (Å²) in [5, 5.41) is 2.90. The van der Waals surface area contributed by atoms with E-state index in [-0.39, 0.29) is 31.5 Å². The highest BCUT2D eigenvalue weighted by Gasteiger charge is 2.31. The standard InChI is InChI=1S/C28H31FN2O4/c1-20(2)30-28(33)26(17-21-9-5-4-6-10-21)31(18-22-11-7-8-12-25(22)29)27(32)19-35-24-15-13-23(34-3)14-16-24/h4-16,20,26H,17-19H2,1-3H3,(H,30,33)/t26-/m1/s1. The van der Waals surface area contributed by atoms with Crippen molar-refractivity contribution in [1.82, 2.24) is 10.2 Å². The lowest BCUT2D eigenvalue weighted by Crippen LogP contribution is -2.53. The third-order valence-electron chi connectivity index (χ3n) is 5.42. The van der Waals surface area contributed by atoms with Crippen LogP contribution in [0.4, 0.5) is 4.39 Å². The topological polar surface area (TPSA) is 67.9 Å². The van der Waals surface area contributed by atoms with Crippen molar-refractivity contribution in [2.24, 2.45) is 0 Å². The van der Waals surface area contributed by atoms with Gasteiger partial charge in [-0.1, -0.05) is 48.5 Å². The Morgan fingerprint density at radius 3 is 2.17 bits per heavy atom. The largest absolute Gasteiger partial charge is 0.497 e. The first-order chi connectivity index (χ1) is 16.9. The highest BCUT2D eigenvalue weighted by atomic mass is 19.1. The molecule has 0 aliphatic rings. The lowest BCUT2D eigenvalue weighted by Gasteiger charge is -2.32. The number of amides is 2. The van der Waals surface area contributed by atoms with Crippen LogP contribution in [-0.2, 0) is 22.6 Å². The molecule has 3 aromatic rings. The molecule has 0 aromatic heterocycles. The normalized spacial score (nSPS) is 11.6. The summed E-state index contributed by atoms with van der Waals surface area (Å²) in [4.78, 5) is 28.1. The van der Waals surface area contributed by atoms with E-state index in [2.05, 4.69) is 5.32 Å². The quantitative estimate of drug-likeness (QED) is 0.444. The second kappa shape index (κ2) is 12.6. The van der Waals surface area contributed by atoms with Gasteiger partial charge in [0.05, 0.1) is 7.11 Å². The minimum atomic E-state index is -0.855. The van der Waals surface area contributed by atoms with E-state index in [0.717, 1.165) is 5.56 Å². The number of carbonyl (C=O) groups is 2. The first-order valence-corrected chi connectivity index (χ1v) is 11.5. The second-order valence-electron chi connectivity index (χ2n) is 8.45. The smallest absolute Gasteiger partial charge is 0.261 e. The molecular weight excluding hydrogens is 447 g/mol. The van der Waals surface area contributed by atoms with Gasteiger partial charge in [-0.15, -0.1) is 0 Å². The van der Waals surface area contributed by atoms with Crippen LogP contribution in [0.1, 0.15) is 25.0 Å². The fourth-order valence-corrected chi connectivity index (χ4v) is 3.64. The van der Waals surface area contributed by atoms with E-state index in [1.165, 1.54) is 11.0 Å². The maximum Gasteiger partial charge on any atom is 0.261 e. The minimum Gasteiger partial charge on any atom is -0.497 e. The Kier molecular flexibility index (Phi) is 9.23. The lowest BCUT2D eigenvalue weighted by atomic mass is 10.0. The summed E-state index contributed by atoms with van der Waals surface area (Å²) in [5.41, 5.74) is 1.21. The van der Waals surface area contributed by atoms with Crippen LogP contribution >= 0.6 is 0 Å². The van der Waals surface area contributed by atoms with Gasteiger partial charge in [0.2, 0.25) is 5.91 Å². The maximum atomic E-state index is 14.6. The zero-order valence-electron chi connectivity index (χ0n) is 20.2. The molecule has 0 saturated carbocycles. The van der Waals surface area contributed by atoms with Crippen LogP contribution in [0.15, 0.2) is 78.9 Å². The minimum absolute atomic E-state index is 0.0690. The molecule has 0 aliphatic heterocycles. The average molecular weight is 479 g/mol. The zero-order chi connectivity index (χ0) is 25.2. The number of benzene rings is 3. The summed E-state index contributed by atoms with van der Waals surface area (Å²) in [6.45, 7) is 3.34. The number of ether oxygens (including phenoxy) is 2. The number of methoxy groups -OCH3 is 1. The van der Waals surface area contributed by atoms with E-state index < -0.39 is 17.8 Å². The summed E-state index contributed by atoms with van der Waals surface area (Å²) < 4.78 is 25.4. The van der Waals surface area contributed by atoms with E-state index >= 15 is 0 Å². The van der Waals surface area contributed by atoms with Crippen LogP contribution < -0.4 is 14.8 Å². The first-order valence-electron chi connectivity index (χ1n) is 11.5. The molecule has 1 N–H and O–H groups in total. The van der Waals surface area contributed by atoms with Crippen molar-refractivity contribution in [3.63, 3.8) is 0 Å². The van der Waals surface area contributed by atoms with Crippen LogP contribution in [0.2, 0.25) is 0 Å². The fraction of sp³-hybridized carbons (Fsp3) is 0.286. The number of nitrogens with zero attached hydrogens (tertiary/aromatic N) is 1. The van der Waals surface area contributed by atoms with Crippen molar-refractivity contribution < 1.29 is 23.5 Å². The molecule has 7 heteroatoms. The Morgan fingerprint density at radius 2 is 1.54 bits per heavy atom. The van der Waals surface area contributed by atoms with Gasteiger partial charge in [-0.3, -0.25) is 9.59 Å². The number of hydrogen-bond donors (Lipinski definition) is 1. The van der Waals surface area contributed by atoms with Crippen LogP contribution in [-0.4, -0.2) is 42.5 Å². The molecule has 0 radical (unpaired) electrons. The molecule has 3 rings (SSSR count). The number of halogens is 1. The molecule has 0 spiro atoms. The molecule has 184 valence electrons. The van der Waals surface area contributed by atoms with Crippen molar-refractivity contribution in [2.75, 3.05) is 13.7 Å². The number of carbonyl (C=O) groups excluding carboxylic acids is 2. The van der Waals surface area contributed by atoms with E-state index in [1.807, 2.05) is 44.2 Å². The predicted octanol–water partition coefficient (Wildman–Crippen LogP) is 4.38. The predicted molar refractivity (Wildman–Crippen MR) is 133 cm³/mol. The molecule has 0 saturated heterocycles. The Balaban J connectivity index is 1.89. The highest BCUT2D eigenvalue weighted by Crippen LogP contribution is 2.19. The molecule has 1 atom stereocenters. The Bertz CT molecular complexity index is 1100. The number of hydrogen-bond acceptors (Lipinski definition) is 4. The molecule has 2 amide bonds. The summed E-state index contributed by atoms with van der Waals surface area (Å²) in [6.07, 6.45) is 0.280. The Morgan fingerprint density at radius 1 is 0.914 bits per heavy atom. The van der Waals surface area contributed by atoms with Gasteiger partial charge in [0, 0.05) is 24.6 Å². The molecule has 0 aliphatic carbocycles. The van der Waals surface area contributed by atoms with Crippen molar-refractivity contribution in [2.45, 2.75) is 38.9 Å².